The molecule has 0 unspecified atom stereocenters. The molecule has 0 saturated carbocycles. The van der Waals surface area contributed by atoms with Crippen molar-refractivity contribution in [2.45, 2.75) is 39.7 Å². The molecule has 164 valence electrons. The Morgan fingerprint density at radius 1 is 1.23 bits per heavy atom. The van der Waals surface area contributed by atoms with Gasteiger partial charge in [-0.25, -0.2) is 15.0 Å². The second-order valence-corrected chi connectivity index (χ2v) is 7.73. The van der Waals surface area contributed by atoms with Crippen LogP contribution in [0.5, 0.6) is 0 Å². The molecule has 0 amide bonds. The van der Waals surface area contributed by atoms with Crippen molar-refractivity contribution in [3.8, 4) is 6.07 Å². The van der Waals surface area contributed by atoms with E-state index in [1.54, 1.807) is 16.7 Å². The zero-order chi connectivity index (χ0) is 23.0. The summed E-state index contributed by atoms with van der Waals surface area (Å²) in [6.45, 7) is 5.48. The highest BCUT2D eigenvalue weighted by atomic mass is 35.5. The minimum atomic E-state index is -0.0576. The van der Waals surface area contributed by atoms with Crippen LogP contribution < -0.4 is 22.8 Å². The number of aromatic nitrogens is 4. The number of aryl methyl sites for hydroxylation is 1. The molecule has 10 heteroatoms. The first-order valence-electron chi connectivity index (χ1n) is 9.94. The maximum absolute atomic E-state index is 12.7. The lowest BCUT2D eigenvalue weighted by Gasteiger charge is -2.14. The van der Waals surface area contributed by atoms with Crippen molar-refractivity contribution in [3.05, 3.63) is 51.3 Å². The van der Waals surface area contributed by atoms with Gasteiger partial charge in [-0.3, -0.25) is 9.36 Å². The van der Waals surface area contributed by atoms with Gasteiger partial charge in [0.2, 0.25) is 0 Å². The van der Waals surface area contributed by atoms with E-state index in [4.69, 9.17) is 34.1 Å². The normalized spacial score (nSPS) is 10.6. The Kier molecular flexibility index (Phi) is 8.73. The van der Waals surface area contributed by atoms with E-state index < -0.39 is 0 Å². The maximum Gasteiger partial charge on any atom is 0.262 e. The van der Waals surface area contributed by atoms with Crippen molar-refractivity contribution in [2.75, 3.05) is 18.0 Å². The largest absolute Gasteiger partial charge is 0.382 e. The first-order chi connectivity index (χ1) is 14.8. The number of anilines is 2. The van der Waals surface area contributed by atoms with Crippen molar-refractivity contribution >= 4 is 34.1 Å². The Balaban J connectivity index is 0.000000285. The van der Waals surface area contributed by atoms with E-state index >= 15 is 0 Å². The molecule has 31 heavy (non-hydrogen) atoms. The fourth-order valence-corrected chi connectivity index (χ4v) is 3.14. The Morgan fingerprint density at radius 3 is 2.45 bits per heavy atom. The fraction of sp³-hybridized carbons (Fsp3) is 0.381. The summed E-state index contributed by atoms with van der Waals surface area (Å²) in [5.41, 5.74) is 16.9. The molecular weight excluding hydrogens is 416 g/mol. The van der Waals surface area contributed by atoms with E-state index in [1.165, 1.54) is 6.33 Å². The molecule has 0 bridgehead atoms. The quantitative estimate of drug-likeness (QED) is 0.524. The molecule has 2 heterocycles. The van der Waals surface area contributed by atoms with Crippen LogP contribution in [0.1, 0.15) is 38.1 Å². The van der Waals surface area contributed by atoms with Gasteiger partial charge >= 0.3 is 0 Å². The van der Waals surface area contributed by atoms with E-state index in [0.717, 1.165) is 25.1 Å². The van der Waals surface area contributed by atoms with Crippen LogP contribution in [0.25, 0.3) is 10.9 Å². The van der Waals surface area contributed by atoms with Crippen molar-refractivity contribution in [1.82, 2.24) is 19.5 Å². The smallest absolute Gasteiger partial charge is 0.262 e. The van der Waals surface area contributed by atoms with E-state index in [2.05, 4.69) is 28.8 Å². The number of rotatable bonds is 6. The summed E-state index contributed by atoms with van der Waals surface area (Å²) in [7, 11) is 0. The molecule has 0 aliphatic rings. The van der Waals surface area contributed by atoms with Gasteiger partial charge in [0, 0.05) is 13.0 Å². The number of nitrogen functional groups attached to an aromatic ring is 2. The second-order valence-electron chi connectivity index (χ2n) is 7.32. The maximum atomic E-state index is 12.7. The molecule has 0 atom stereocenters. The van der Waals surface area contributed by atoms with Crippen LogP contribution in [-0.2, 0) is 13.0 Å². The van der Waals surface area contributed by atoms with Gasteiger partial charge in [0.15, 0.2) is 0 Å². The molecule has 0 saturated heterocycles. The van der Waals surface area contributed by atoms with Crippen LogP contribution in [0.2, 0.25) is 5.02 Å². The lowest BCUT2D eigenvalue weighted by molar-refractivity contribution is 0.532. The summed E-state index contributed by atoms with van der Waals surface area (Å²) in [4.78, 5) is 24.5. The zero-order valence-corrected chi connectivity index (χ0v) is 18.4. The van der Waals surface area contributed by atoms with Gasteiger partial charge in [-0.1, -0.05) is 31.5 Å². The standard InChI is InChI=1S/C16H22ClN3O.C5H5N5/c1-11(2)7-8-14-19-13-6-3-5-12(17)15(13)16(21)20(14)10-4-9-18;6-1-3-4(7)9-2-10-5(3)8/h3,5-6,11H,4,7-10,18H2,1-2H3;2H,(H4,7,8,9,10). The number of nitrogens with two attached hydrogens (primary N) is 3. The molecule has 0 radical (unpaired) electrons. The van der Waals surface area contributed by atoms with E-state index in [9.17, 15) is 4.79 Å². The molecule has 9 nitrogen and oxygen atoms in total. The Hall–Kier alpha value is -3.22. The van der Waals surface area contributed by atoms with Gasteiger partial charge in [-0.05, 0) is 37.4 Å². The molecule has 3 rings (SSSR count). The van der Waals surface area contributed by atoms with Crippen molar-refractivity contribution < 1.29 is 0 Å². The molecular formula is C21H27ClN8O. The molecule has 2 aromatic heterocycles. The van der Waals surface area contributed by atoms with Crippen molar-refractivity contribution in [2.24, 2.45) is 11.7 Å². The molecule has 0 fully saturated rings. The number of halogens is 1. The summed E-state index contributed by atoms with van der Waals surface area (Å²) >= 11 is 6.17. The molecule has 3 aromatic rings. The number of nitriles is 1. The minimum Gasteiger partial charge on any atom is -0.382 e. The third kappa shape index (κ3) is 6.13. The Labute approximate surface area is 185 Å². The summed E-state index contributed by atoms with van der Waals surface area (Å²) < 4.78 is 1.74. The van der Waals surface area contributed by atoms with Crippen molar-refractivity contribution in [3.63, 3.8) is 0 Å². The average molecular weight is 443 g/mol. The van der Waals surface area contributed by atoms with E-state index in [-0.39, 0.29) is 22.8 Å². The van der Waals surface area contributed by atoms with Gasteiger partial charge in [0.05, 0.1) is 15.9 Å². The van der Waals surface area contributed by atoms with Crippen LogP contribution >= 0.6 is 11.6 Å². The highest BCUT2D eigenvalue weighted by Gasteiger charge is 2.13. The predicted molar refractivity (Wildman–Crippen MR) is 123 cm³/mol. The Morgan fingerprint density at radius 2 is 1.90 bits per heavy atom. The lowest BCUT2D eigenvalue weighted by Crippen LogP contribution is -2.27. The Bertz CT molecular complexity index is 1120. The van der Waals surface area contributed by atoms with Gasteiger partial charge in [0.1, 0.15) is 35.4 Å². The van der Waals surface area contributed by atoms with Crippen LogP contribution in [0.3, 0.4) is 0 Å². The number of nitrogens with zero attached hydrogens (tertiary/aromatic N) is 5. The highest BCUT2D eigenvalue weighted by Crippen LogP contribution is 2.19. The number of hydrogen-bond acceptors (Lipinski definition) is 8. The SMILES string of the molecule is CC(C)CCc1nc2cccc(Cl)c2c(=O)n1CCCN.N#Cc1c(N)ncnc1N. The summed E-state index contributed by atoms with van der Waals surface area (Å²) in [5.74, 6) is 1.64. The number of fused-ring (bicyclic) bond motifs is 1. The fourth-order valence-electron chi connectivity index (χ4n) is 2.89. The van der Waals surface area contributed by atoms with Crippen molar-refractivity contribution in [1.29, 1.82) is 5.26 Å². The molecule has 0 aliphatic heterocycles. The zero-order valence-electron chi connectivity index (χ0n) is 17.7. The van der Waals surface area contributed by atoms with Crippen LogP contribution in [0.4, 0.5) is 11.6 Å². The summed E-state index contributed by atoms with van der Waals surface area (Å²) in [6, 6.07) is 7.19. The van der Waals surface area contributed by atoms with Crippen LogP contribution in [-0.4, -0.2) is 26.1 Å². The molecule has 0 aliphatic carbocycles. The minimum absolute atomic E-state index is 0.0576. The van der Waals surface area contributed by atoms with E-state index in [0.29, 0.717) is 34.9 Å². The first-order valence-corrected chi connectivity index (χ1v) is 10.3. The molecule has 6 N–H and O–H groups in total. The topological polar surface area (TPSA) is 163 Å². The number of benzene rings is 1. The van der Waals surface area contributed by atoms with E-state index in [1.807, 2.05) is 12.1 Å². The summed E-state index contributed by atoms with van der Waals surface area (Å²) in [6.07, 6.45) is 3.76. The summed E-state index contributed by atoms with van der Waals surface area (Å²) in [5, 5.41) is 9.37. The van der Waals surface area contributed by atoms with Crippen LogP contribution in [0, 0.1) is 17.2 Å². The number of hydrogen-bond donors (Lipinski definition) is 3. The lowest BCUT2D eigenvalue weighted by atomic mass is 10.1. The van der Waals surface area contributed by atoms with Gasteiger partial charge < -0.3 is 17.2 Å². The van der Waals surface area contributed by atoms with Gasteiger partial charge in [0.25, 0.3) is 5.56 Å². The average Bonchev–Trinajstić information content (AvgIpc) is 2.72. The third-order valence-electron chi connectivity index (χ3n) is 4.56. The predicted octanol–water partition coefficient (Wildman–Crippen LogP) is 2.50. The highest BCUT2D eigenvalue weighted by molar-refractivity contribution is 6.35. The third-order valence-corrected chi connectivity index (χ3v) is 4.88. The van der Waals surface area contributed by atoms with Gasteiger partial charge in [-0.2, -0.15) is 5.26 Å². The first kappa shape index (κ1) is 24.1. The van der Waals surface area contributed by atoms with Crippen LogP contribution in [0.15, 0.2) is 29.3 Å². The molecule has 0 spiro atoms. The molecule has 1 aromatic carbocycles. The monoisotopic (exact) mass is 442 g/mol. The van der Waals surface area contributed by atoms with Gasteiger partial charge in [-0.15, -0.1) is 0 Å². The second kappa shape index (κ2) is 11.2.